The van der Waals surface area contributed by atoms with Crippen molar-refractivity contribution in [2.24, 2.45) is 5.73 Å². The van der Waals surface area contributed by atoms with E-state index in [9.17, 15) is 14.4 Å². The Labute approximate surface area is 121 Å². The van der Waals surface area contributed by atoms with Crippen LogP contribution in [0.3, 0.4) is 0 Å². The van der Waals surface area contributed by atoms with Gasteiger partial charge in [0.05, 0.1) is 13.7 Å². The summed E-state index contributed by atoms with van der Waals surface area (Å²) in [6, 6.07) is 4.56. The molecule has 3 N–H and O–H groups in total. The molecule has 2 amide bonds. The molecule has 0 spiro atoms. The van der Waals surface area contributed by atoms with E-state index in [1.54, 1.807) is 6.07 Å². The van der Waals surface area contributed by atoms with E-state index in [4.69, 9.17) is 15.6 Å². The first-order valence-corrected chi connectivity index (χ1v) is 5.98. The van der Waals surface area contributed by atoms with Gasteiger partial charge in [-0.2, -0.15) is 0 Å². The lowest BCUT2D eigenvalue weighted by Crippen LogP contribution is -2.35. The van der Waals surface area contributed by atoms with Crippen molar-refractivity contribution in [3.05, 3.63) is 35.4 Å². The quantitative estimate of drug-likeness (QED) is 0.735. The molecule has 0 fully saturated rings. The molecule has 0 heterocycles. The zero-order valence-electron chi connectivity index (χ0n) is 11.7. The summed E-state index contributed by atoms with van der Waals surface area (Å²) >= 11 is 0. The maximum Gasteiger partial charge on any atom is 0.328 e. The molecule has 0 aromatic heterocycles. The van der Waals surface area contributed by atoms with Crippen LogP contribution in [0.4, 0.5) is 0 Å². The van der Waals surface area contributed by atoms with Gasteiger partial charge in [0.15, 0.2) is 0 Å². The molecule has 1 aromatic rings. The fraction of sp³-hybridized carbons (Fsp3) is 0.214. The van der Waals surface area contributed by atoms with Crippen LogP contribution in [0.5, 0.6) is 5.75 Å². The number of hydrogen-bond acceptors (Lipinski definition) is 4. The second-order valence-corrected chi connectivity index (χ2v) is 4.26. The third kappa shape index (κ3) is 4.64. The van der Waals surface area contributed by atoms with Crippen LogP contribution in [-0.2, 0) is 9.59 Å². The van der Waals surface area contributed by atoms with Crippen LogP contribution < -0.4 is 10.5 Å². The van der Waals surface area contributed by atoms with Crippen molar-refractivity contribution in [3.63, 3.8) is 0 Å². The largest absolute Gasteiger partial charge is 0.496 e. The molecule has 7 nitrogen and oxygen atoms in total. The van der Waals surface area contributed by atoms with E-state index in [-0.39, 0.29) is 6.54 Å². The summed E-state index contributed by atoms with van der Waals surface area (Å²) in [5, 5.41) is 8.65. The highest BCUT2D eigenvalue weighted by atomic mass is 16.5. The van der Waals surface area contributed by atoms with Crippen molar-refractivity contribution in [2.45, 2.75) is 0 Å². The van der Waals surface area contributed by atoms with Gasteiger partial charge in [-0.05, 0) is 24.3 Å². The predicted octanol–water partition coefficient (Wildman–Crippen LogP) is 0.350. The fourth-order valence-electron chi connectivity index (χ4n) is 1.68. The van der Waals surface area contributed by atoms with Crippen LogP contribution >= 0.6 is 0 Å². The SMILES string of the molecule is COc1ccc(C(=O)N(C)CC(N)=O)cc1C=CC(=O)O. The monoisotopic (exact) mass is 292 g/mol. The average molecular weight is 292 g/mol. The molecule has 1 rings (SSSR count). The minimum atomic E-state index is -1.11. The van der Waals surface area contributed by atoms with Gasteiger partial charge in [-0.25, -0.2) is 4.79 Å². The summed E-state index contributed by atoms with van der Waals surface area (Å²) in [5.74, 6) is -1.70. The number of nitrogens with zero attached hydrogens (tertiary/aromatic N) is 1. The first-order valence-electron chi connectivity index (χ1n) is 5.98. The van der Waals surface area contributed by atoms with E-state index in [0.29, 0.717) is 16.9 Å². The van der Waals surface area contributed by atoms with E-state index in [2.05, 4.69) is 0 Å². The van der Waals surface area contributed by atoms with Crippen molar-refractivity contribution in [3.8, 4) is 5.75 Å². The number of amides is 2. The molecule has 0 aliphatic carbocycles. The average Bonchev–Trinajstić information content (AvgIpc) is 2.43. The topological polar surface area (TPSA) is 110 Å². The number of rotatable bonds is 6. The fourth-order valence-corrected chi connectivity index (χ4v) is 1.68. The molecule has 0 atom stereocenters. The Morgan fingerprint density at radius 1 is 1.38 bits per heavy atom. The Kier molecular flexibility index (Phi) is 5.48. The lowest BCUT2D eigenvalue weighted by atomic mass is 10.1. The highest BCUT2D eigenvalue weighted by Gasteiger charge is 2.15. The van der Waals surface area contributed by atoms with Crippen molar-refractivity contribution in [1.29, 1.82) is 0 Å². The van der Waals surface area contributed by atoms with E-state index < -0.39 is 17.8 Å². The number of methoxy groups -OCH3 is 1. The minimum Gasteiger partial charge on any atom is -0.496 e. The number of aliphatic carboxylic acids is 1. The summed E-state index contributed by atoms with van der Waals surface area (Å²) in [7, 11) is 2.89. The lowest BCUT2D eigenvalue weighted by molar-refractivity contribution is -0.131. The molecule has 0 bridgehead atoms. The normalized spacial score (nSPS) is 10.4. The third-order valence-corrected chi connectivity index (χ3v) is 2.62. The second kappa shape index (κ2) is 7.09. The second-order valence-electron chi connectivity index (χ2n) is 4.26. The first kappa shape index (κ1) is 16.2. The molecular formula is C14H16N2O5. The van der Waals surface area contributed by atoms with Gasteiger partial charge in [-0.3, -0.25) is 9.59 Å². The number of carboxylic acid groups (broad SMARTS) is 1. The molecule has 0 aliphatic heterocycles. The maximum absolute atomic E-state index is 12.1. The van der Waals surface area contributed by atoms with Gasteiger partial charge in [0.1, 0.15) is 5.75 Å². The number of hydrogen-bond donors (Lipinski definition) is 2. The first-order chi connectivity index (χ1) is 9.85. The summed E-state index contributed by atoms with van der Waals surface area (Å²) in [6.45, 7) is -0.203. The summed E-state index contributed by atoms with van der Waals surface area (Å²) in [5.41, 5.74) is 5.78. The van der Waals surface area contributed by atoms with Crippen LogP contribution in [0, 0.1) is 0 Å². The van der Waals surface area contributed by atoms with Gasteiger partial charge in [-0.1, -0.05) is 0 Å². The number of nitrogens with two attached hydrogens (primary N) is 1. The molecule has 7 heteroatoms. The predicted molar refractivity (Wildman–Crippen MR) is 75.8 cm³/mol. The number of ether oxygens (including phenoxy) is 1. The van der Waals surface area contributed by atoms with E-state index in [1.807, 2.05) is 0 Å². The lowest BCUT2D eigenvalue weighted by Gasteiger charge is -2.16. The van der Waals surface area contributed by atoms with Gasteiger partial charge in [0, 0.05) is 24.3 Å². The number of carboxylic acids is 1. The van der Waals surface area contributed by atoms with Crippen molar-refractivity contribution in [2.75, 3.05) is 20.7 Å². The Balaban J connectivity index is 3.09. The van der Waals surface area contributed by atoms with Gasteiger partial charge in [0.25, 0.3) is 5.91 Å². The highest BCUT2D eigenvalue weighted by Crippen LogP contribution is 2.22. The molecular weight excluding hydrogens is 276 g/mol. The highest BCUT2D eigenvalue weighted by molar-refractivity contribution is 5.97. The smallest absolute Gasteiger partial charge is 0.328 e. The van der Waals surface area contributed by atoms with Crippen molar-refractivity contribution >= 4 is 23.9 Å². The van der Waals surface area contributed by atoms with Crippen LogP contribution in [0.1, 0.15) is 15.9 Å². The number of carbonyl (C=O) groups excluding carboxylic acids is 2. The molecule has 0 aliphatic rings. The van der Waals surface area contributed by atoms with Gasteiger partial charge < -0.3 is 20.5 Å². The third-order valence-electron chi connectivity index (χ3n) is 2.62. The number of likely N-dealkylation sites (N-methyl/N-ethyl adjacent to an activating group) is 1. The van der Waals surface area contributed by atoms with E-state index in [1.165, 1.54) is 37.3 Å². The van der Waals surface area contributed by atoms with Crippen LogP contribution in [0.2, 0.25) is 0 Å². The Hall–Kier alpha value is -2.83. The summed E-state index contributed by atoms with van der Waals surface area (Å²) in [6.07, 6.45) is 2.27. The zero-order chi connectivity index (χ0) is 16.0. The molecule has 112 valence electrons. The molecule has 0 radical (unpaired) electrons. The van der Waals surface area contributed by atoms with Crippen molar-refractivity contribution < 1.29 is 24.2 Å². The number of primary amides is 1. The van der Waals surface area contributed by atoms with Crippen molar-refractivity contribution in [1.82, 2.24) is 4.90 Å². The maximum atomic E-state index is 12.1. The molecule has 21 heavy (non-hydrogen) atoms. The van der Waals surface area contributed by atoms with Gasteiger partial charge in [0.2, 0.25) is 5.91 Å². The van der Waals surface area contributed by atoms with E-state index in [0.717, 1.165) is 6.08 Å². The van der Waals surface area contributed by atoms with Gasteiger partial charge in [-0.15, -0.1) is 0 Å². The zero-order valence-corrected chi connectivity index (χ0v) is 11.7. The van der Waals surface area contributed by atoms with Crippen LogP contribution in [0.15, 0.2) is 24.3 Å². The molecule has 0 saturated carbocycles. The minimum absolute atomic E-state index is 0.203. The molecule has 0 saturated heterocycles. The molecule has 1 aromatic carbocycles. The Morgan fingerprint density at radius 3 is 2.57 bits per heavy atom. The van der Waals surface area contributed by atoms with Crippen LogP contribution in [-0.4, -0.2) is 48.5 Å². The van der Waals surface area contributed by atoms with Gasteiger partial charge >= 0.3 is 5.97 Å². The standard InChI is InChI=1S/C14H16N2O5/c1-16(8-12(15)17)14(20)10-3-5-11(21-2)9(7-10)4-6-13(18)19/h3-7H,8H2,1-2H3,(H2,15,17)(H,18,19). The summed E-state index contributed by atoms with van der Waals surface area (Å²) < 4.78 is 5.09. The summed E-state index contributed by atoms with van der Waals surface area (Å²) in [4.78, 5) is 34.7. The Bertz CT molecular complexity index is 595. The Morgan fingerprint density at radius 2 is 2.05 bits per heavy atom. The molecule has 0 unspecified atom stereocenters. The van der Waals surface area contributed by atoms with E-state index >= 15 is 0 Å². The number of benzene rings is 1. The van der Waals surface area contributed by atoms with Crippen LogP contribution in [0.25, 0.3) is 6.08 Å². The number of carbonyl (C=O) groups is 3.